The first-order valence-corrected chi connectivity index (χ1v) is 9.07. The number of aromatic nitrogens is 1. The van der Waals surface area contributed by atoms with E-state index in [1.54, 1.807) is 37.1 Å². The monoisotopic (exact) mass is 379 g/mol. The number of carbonyl (C=O) groups is 2. The van der Waals surface area contributed by atoms with Crippen LogP contribution >= 0.6 is 0 Å². The van der Waals surface area contributed by atoms with Crippen molar-refractivity contribution in [2.24, 2.45) is 5.92 Å². The summed E-state index contributed by atoms with van der Waals surface area (Å²) in [6.07, 6.45) is 0.161. The fourth-order valence-electron chi connectivity index (χ4n) is 3.49. The normalized spacial score (nSPS) is 16.6. The van der Waals surface area contributed by atoms with E-state index in [4.69, 9.17) is 9.15 Å². The number of benzene rings is 2. The van der Waals surface area contributed by atoms with Crippen LogP contribution in [0.15, 0.2) is 40.8 Å². The van der Waals surface area contributed by atoms with E-state index >= 15 is 0 Å². The summed E-state index contributed by atoms with van der Waals surface area (Å²) in [6, 6.07) is 11.0. The first-order valence-electron chi connectivity index (χ1n) is 9.07. The fraction of sp³-hybridized carbons (Fsp3) is 0.286. The lowest BCUT2D eigenvalue weighted by Crippen LogP contribution is -2.28. The molecule has 0 bridgehead atoms. The van der Waals surface area contributed by atoms with Gasteiger partial charge in [-0.15, -0.1) is 0 Å². The second kappa shape index (κ2) is 6.99. The van der Waals surface area contributed by atoms with Crippen LogP contribution in [0, 0.1) is 19.8 Å². The molecule has 2 aromatic carbocycles. The maximum absolute atomic E-state index is 12.7. The van der Waals surface area contributed by atoms with Gasteiger partial charge in [0.2, 0.25) is 11.8 Å². The van der Waals surface area contributed by atoms with Crippen LogP contribution in [0.3, 0.4) is 0 Å². The summed E-state index contributed by atoms with van der Waals surface area (Å²) in [7, 11) is 1.57. The standard InChI is InChI=1S/C21H21N3O4/c1-12-4-6-19(27-3)17(8-12)24-11-14(9-20(24)25)21(26)23-15-5-7-18-16(10-15)22-13(2)28-18/h4-8,10,14H,9,11H2,1-3H3,(H,23,26)/t14-/m0/s1. The number of nitrogens with zero attached hydrogens (tertiary/aromatic N) is 2. The summed E-state index contributed by atoms with van der Waals surface area (Å²) < 4.78 is 10.8. The van der Waals surface area contributed by atoms with Crippen molar-refractivity contribution in [3.63, 3.8) is 0 Å². The van der Waals surface area contributed by atoms with Gasteiger partial charge in [0.1, 0.15) is 11.3 Å². The fourth-order valence-corrected chi connectivity index (χ4v) is 3.49. The first-order chi connectivity index (χ1) is 13.4. The van der Waals surface area contributed by atoms with Crippen molar-refractivity contribution in [1.82, 2.24) is 4.98 Å². The van der Waals surface area contributed by atoms with Crippen molar-refractivity contribution in [2.45, 2.75) is 20.3 Å². The van der Waals surface area contributed by atoms with Crippen LogP contribution in [0.2, 0.25) is 0 Å². The van der Waals surface area contributed by atoms with E-state index in [1.807, 2.05) is 25.1 Å². The molecule has 1 aliphatic heterocycles. The molecule has 2 amide bonds. The van der Waals surface area contributed by atoms with Crippen LogP contribution in [-0.2, 0) is 9.59 Å². The van der Waals surface area contributed by atoms with Crippen LogP contribution in [0.1, 0.15) is 17.9 Å². The number of hydrogen-bond donors (Lipinski definition) is 1. The number of amides is 2. The Morgan fingerprint density at radius 1 is 1.25 bits per heavy atom. The Hall–Kier alpha value is -3.35. The Kier molecular flexibility index (Phi) is 4.50. The molecular formula is C21H21N3O4. The van der Waals surface area contributed by atoms with E-state index in [9.17, 15) is 9.59 Å². The zero-order chi connectivity index (χ0) is 19.8. The Morgan fingerprint density at radius 3 is 2.86 bits per heavy atom. The van der Waals surface area contributed by atoms with Gasteiger partial charge in [0.05, 0.1) is 18.7 Å². The number of aryl methyl sites for hydroxylation is 2. The van der Waals surface area contributed by atoms with E-state index in [2.05, 4.69) is 10.3 Å². The zero-order valence-electron chi connectivity index (χ0n) is 16.0. The molecule has 0 saturated carbocycles. The average molecular weight is 379 g/mol. The Labute approximate surface area is 162 Å². The number of ether oxygens (including phenoxy) is 1. The van der Waals surface area contributed by atoms with Crippen molar-refractivity contribution in [3.8, 4) is 5.75 Å². The van der Waals surface area contributed by atoms with Gasteiger partial charge in [-0.05, 0) is 42.8 Å². The zero-order valence-corrected chi connectivity index (χ0v) is 16.0. The van der Waals surface area contributed by atoms with Crippen molar-refractivity contribution >= 4 is 34.3 Å². The van der Waals surface area contributed by atoms with Crippen LogP contribution in [0.4, 0.5) is 11.4 Å². The highest BCUT2D eigenvalue weighted by Crippen LogP contribution is 2.34. The lowest BCUT2D eigenvalue weighted by atomic mass is 10.1. The molecule has 3 aromatic rings. The quantitative estimate of drug-likeness (QED) is 0.751. The summed E-state index contributed by atoms with van der Waals surface area (Å²) in [6.45, 7) is 4.04. The predicted molar refractivity (Wildman–Crippen MR) is 106 cm³/mol. The highest BCUT2D eigenvalue weighted by atomic mass is 16.5. The van der Waals surface area contributed by atoms with Crippen molar-refractivity contribution < 1.29 is 18.7 Å². The van der Waals surface area contributed by atoms with Gasteiger partial charge in [0.15, 0.2) is 11.5 Å². The smallest absolute Gasteiger partial charge is 0.229 e. The molecule has 1 aliphatic rings. The Morgan fingerprint density at radius 2 is 2.07 bits per heavy atom. The van der Waals surface area contributed by atoms with Crippen molar-refractivity contribution in [2.75, 3.05) is 23.9 Å². The molecular weight excluding hydrogens is 358 g/mol. The van der Waals surface area contributed by atoms with Gasteiger partial charge in [0.25, 0.3) is 0 Å². The predicted octanol–water partition coefficient (Wildman–Crippen LogP) is 3.44. The number of rotatable bonds is 4. The van der Waals surface area contributed by atoms with Crippen LogP contribution in [0.25, 0.3) is 11.1 Å². The third-order valence-electron chi connectivity index (χ3n) is 4.88. The van der Waals surface area contributed by atoms with Gasteiger partial charge in [0, 0.05) is 25.6 Å². The highest BCUT2D eigenvalue weighted by molar-refractivity contribution is 6.04. The third kappa shape index (κ3) is 3.31. The summed E-state index contributed by atoms with van der Waals surface area (Å²) in [4.78, 5) is 31.2. The SMILES string of the molecule is COc1ccc(C)cc1N1C[C@@H](C(=O)Nc2ccc3oc(C)nc3c2)CC1=O. The second-order valence-corrected chi connectivity index (χ2v) is 6.99. The van der Waals surface area contributed by atoms with E-state index in [0.29, 0.717) is 40.7 Å². The van der Waals surface area contributed by atoms with Gasteiger partial charge in [-0.3, -0.25) is 9.59 Å². The lowest BCUT2D eigenvalue weighted by molar-refractivity contribution is -0.122. The molecule has 0 unspecified atom stereocenters. The summed E-state index contributed by atoms with van der Waals surface area (Å²) in [5, 5.41) is 2.89. The van der Waals surface area contributed by atoms with Crippen LogP contribution in [0.5, 0.6) is 5.75 Å². The van der Waals surface area contributed by atoms with E-state index in [-0.39, 0.29) is 18.2 Å². The molecule has 1 saturated heterocycles. The molecule has 7 nitrogen and oxygen atoms in total. The molecule has 28 heavy (non-hydrogen) atoms. The number of anilines is 2. The second-order valence-electron chi connectivity index (χ2n) is 6.99. The van der Waals surface area contributed by atoms with Crippen molar-refractivity contribution in [1.29, 1.82) is 0 Å². The maximum Gasteiger partial charge on any atom is 0.229 e. The molecule has 4 rings (SSSR count). The number of hydrogen-bond acceptors (Lipinski definition) is 5. The van der Waals surface area contributed by atoms with Gasteiger partial charge in [-0.2, -0.15) is 0 Å². The molecule has 0 aliphatic carbocycles. The van der Waals surface area contributed by atoms with Crippen LogP contribution < -0.4 is 15.0 Å². The Balaban J connectivity index is 1.51. The summed E-state index contributed by atoms with van der Waals surface area (Å²) in [5.74, 6) is 0.468. The van der Waals surface area contributed by atoms with Gasteiger partial charge in [-0.25, -0.2) is 4.98 Å². The van der Waals surface area contributed by atoms with Gasteiger partial charge < -0.3 is 19.4 Å². The van der Waals surface area contributed by atoms with E-state index in [1.165, 1.54) is 0 Å². The molecule has 7 heteroatoms. The lowest BCUT2D eigenvalue weighted by Gasteiger charge is -2.20. The average Bonchev–Trinajstić information content (AvgIpc) is 3.23. The van der Waals surface area contributed by atoms with Gasteiger partial charge >= 0.3 is 0 Å². The highest BCUT2D eigenvalue weighted by Gasteiger charge is 2.36. The summed E-state index contributed by atoms with van der Waals surface area (Å²) >= 11 is 0. The number of oxazole rings is 1. The molecule has 1 fully saturated rings. The molecule has 144 valence electrons. The molecule has 1 atom stereocenters. The number of fused-ring (bicyclic) bond motifs is 1. The van der Waals surface area contributed by atoms with Crippen molar-refractivity contribution in [3.05, 3.63) is 47.9 Å². The molecule has 2 heterocycles. The number of nitrogens with one attached hydrogen (secondary N) is 1. The molecule has 1 N–H and O–H groups in total. The summed E-state index contributed by atoms with van der Waals surface area (Å²) in [5.41, 5.74) is 3.70. The minimum atomic E-state index is -0.438. The Bertz CT molecular complexity index is 1070. The van der Waals surface area contributed by atoms with E-state index < -0.39 is 5.92 Å². The molecule has 0 spiro atoms. The minimum absolute atomic E-state index is 0.0911. The van der Waals surface area contributed by atoms with Gasteiger partial charge in [-0.1, -0.05) is 6.07 Å². The molecule has 1 aromatic heterocycles. The maximum atomic E-state index is 12.7. The molecule has 0 radical (unpaired) electrons. The number of carbonyl (C=O) groups excluding carboxylic acids is 2. The topological polar surface area (TPSA) is 84.7 Å². The minimum Gasteiger partial charge on any atom is -0.495 e. The van der Waals surface area contributed by atoms with Crippen LogP contribution in [-0.4, -0.2) is 30.5 Å². The largest absolute Gasteiger partial charge is 0.495 e. The first kappa shape index (κ1) is 18.0. The van der Waals surface area contributed by atoms with E-state index in [0.717, 1.165) is 5.56 Å². The number of methoxy groups -OCH3 is 1. The third-order valence-corrected chi connectivity index (χ3v) is 4.88.